The van der Waals surface area contributed by atoms with Gasteiger partial charge in [-0.25, -0.2) is 0 Å². The Balaban J connectivity index is 1.98. The minimum atomic E-state index is -0.388. The Morgan fingerprint density at radius 2 is 2.10 bits per heavy atom. The first-order valence-electron chi connectivity index (χ1n) is 7.12. The maximum Gasteiger partial charge on any atom is 0.0693 e. The van der Waals surface area contributed by atoms with Crippen LogP contribution in [-0.4, -0.2) is 22.7 Å². The van der Waals surface area contributed by atoms with Crippen molar-refractivity contribution in [1.82, 2.24) is 4.98 Å². The van der Waals surface area contributed by atoms with E-state index in [1.54, 1.807) is 0 Å². The highest BCUT2D eigenvalue weighted by Gasteiger charge is 2.17. The van der Waals surface area contributed by atoms with E-state index in [-0.39, 0.29) is 12.6 Å². The molecule has 3 rings (SSSR count). The number of fused-ring (bicyclic) bond motifs is 1. The number of halogens is 1. The summed E-state index contributed by atoms with van der Waals surface area (Å²) in [5.41, 5.74) is 8.75. The van der Waals surface area contributed by atoms with Crippen molar-refractivity contribution in [2.24, 2.45) is 5.73 Å². The Kier molecular flexibility index (Phi) is 3.87. The van der Waals surface area contributed by atoms with Crippen molar-refractivity contribution in [3.8, 4) is 0 Å². The standard InChI is InChI=1S/C15H20ClN3O/c16-10-5-9-6-13(12(17)8-20)19-15(9)14(7-10)18-11-3-1-2-4-11/h5-7,11-12,18-20H,1-4,8,17H2. The topological polar surface area (TPSA) is 74.1 Å². The Hall–Kier alpha value is -1.23. The number of anilines is 1. The first-order chi connectivity index (χ1) is 9.67. The van der Waals surface area contributed by atoms with Crippen molar-refractivity contribution < 1.29 is 5.11 Å². The molecule has 0 saturated heterocycles. The lowest BCUT2D eigenvalue weighted by Gasteiger charge is -2.14. The third-order valence-electron chi connectivity index (χ3n) is 4.02. The second-order valence-corrected chi connectivity index (χ2v) is 5.99. The number of H-pyrrole nitrogens is 1. The maximum atomic E-state index is 9.18. The molecular formula is C15H20ClN3O. The van der Waals surface area contributed by atoms with Gasteiger partial charge in [0.1, 0.15) is 0 Å². The summed E-state index contributed by atoms with van der Waals surface area (Å²) in [4.78, 5) is 3.31. The number of rotatable bonds is 4. The predicted octanol–water partition coefficient (Wildman–Crippen LogP) is 3.17. The highest BCUT2D eigenvalue weighted by molar-refractivity contribution is 6.31. The summed E-state index contributed by atoms with van der Waals surface area (Å²) in [6.45, 7) is -0.0774. The van der Waals surface area contributed by atoms with E-state index < -0.39 is 0 Å². The molecule has 1 aliphatic rings. The normalized spacial score (nSPS) is 17.8. The second kappa shape index (κ2) is 5.64. The number of nitrogens with one attached hydrogen (secondary N) is 2. The average Bonchev–Trinajstić information content (AvgIpc) is 3.06. The summed E-state index contributed by atoms with van der Waals surface area (Å²) in [5.74, 6) is 0. The minimum absolute atomic E-state index is 0.0774. The van der Waals surface area contributed by atoms with Crippen LogP contribution in [-0.2, 0) is 0 Å². The first-order valence-corrected chi connectivity index (χ1v) is 7.50. The third-order valence-corrected chi connectivity index (χ3v) is 4.24. The van der Waals surface area contributed by atoms with Gasteiger partial charge in [0.2, 0.25) is 0 Å². The first kappa shape index (κ1) is 13.7. The van der Waals surface area contributed by atoms with Gasteiger partial charge in [-0.2, -0.15) is 0 Å². The second-order valence-electron chi connectivity index (χ2n) is 5.56. The molecule has 1 aliphatic carbocycles. The van der Waals surface area contributed by atoms with E-state index in [2.05, 4.69) is 10.3 Å². The molecule has 0 radical (unpaired) electrons. The zero-order valence-corrected chi connectivity index (χ0v) is 12.1. The molecule has 0 bridgehead atoms. The smallest absolute Gasteiger partial charge is 0.0693 e. The van der Waals surface area contributed by atoms with Gasteiger partial charge in [0.15, 0.2) is 0 Å². The van der Waals surface area contributed by atoms with Crippen molar-refractivity contribution in [2.45, 2.75) is 37.8 Å². The van der Waals surface area contributed by atoms with Crippen LogP contribution in [0.3, 0.4) is 0 Å². The summed E-state index contributed by atoms with van der Waals surface area (Å²) >= 11 is 6.20. The molecule has 5 N–H and O–H groups in total. The number of hydrogen-bond donors (Lipinski definition) is 4. The molecule has 20 heavy (non-hydrogen) atoms. The van der Waals surface area contributed by atoms with Crippen molar-refractivity contribution in [2.75, 3.05) is 11.9 Å². The van der Waals surface area contributed by atoms with E-state index >= 15 is 0 Å². The van der Waals surface area contributed by atoms with E-state index in [0.29, 0.717) is 11.1 Å². The summed E-state index contributed by atoms with van der Waals surface area (Å²) in [5, 5.41) is 14.5. The quantitative estimate of drug-likeness (QED) is 0.699. The fraction of sp³-hybridized carbons (Fsp3) is 0.467. The fourth-order valence-corrected chi connectivity index (χ4v) is 3.16. The molecule has 0 aliphatic heterocycles. The maximum absolute atomic E-state index is 9.18. The van der Waals surface area contributed by atoms with Gasteiger partial charge in [0, 0.05) is 22.1 Å². The molecule has 4 nitrogen and oxygen atoms in total. The Bertz CT molecular complexity index is 604. The van der Waals surface area contributed by atoms with Gasteiger partial charge in [-0.15, -0.1) is 0 Å². The third kappa shape index (κ3) is 2.64. The monoisotopic (exact) mass is 293 g/mol. The summed E-state index contributed by atoms with van der Waals surface area (Å²) in [6, 6.07) is 5.96. The lowest BCUT2D eigenvalue weighted by Crippen LogP contribution is -2.15. The molecule has 1 aromatic carbocycles. The van der Waals surface area contributed by atoms with Gasteiger partial charge in [-0.1, -0.05) is 24.4 Å². The molecule has 1 heterocycles. The van der Waals surface area contributed by atoms with Crippen LogP contribution in [0.2, 0.25) is 5.02 Å². The predicted molar refractivity (Wildman–Crippen MR) is 83.2 cm³/mol. The van der Waals surface area contributed by atoms with Crippen LogP contribution in [0, 0.1) is 0 Å². The molecule has 1 fully saturated rings. The number of aromatic amines is 1. The van der Waals surface area contributed by atoms with Crippen LogP contribution in [0.4, 0.5) is 5.69 Å². The van der Waals surface area contributed by atoms with E-state index in [1.807, 2.05) is 18.2 Å². The van der Waals surface area contributed by atoms with E-state index in [0.717, 1.165) is 22.3 Å². The molecule has 0 spiro atoms. The van der Waals surface area contributed by atoms with Gasteiger partial charge in [-0.3, -0.25) is 0 Å². The molecule has 1 unspecified atom stereocenters. The van der Waals surface area contributed by atoms with Crippen LogP contribution in [0.25, 0.3) is 10.9 Å². The summed E-state index contributed by atoms with van der Waals surface area (Å²) in [6.07, 6.45) is 4.98. The van der Waals surface area contributed by atoms with Gasteiger partial charge in [0.25, 0.3) is 0 Å². The molecule has 1 atom stereocenters. The SMILES string of the molecule is NC(CO)c1cc2cc(Cl)cc(NC3CCCC3)c2[nH]1. The highest BCUT2D eigenvalue weighted by atomic mass is 35.5. The van der Waals surface area contributed by atoms with Gasteiger partial charge in [-0.05, 0) is 31.0 Å². The van der Waals surface area contributed by atoms with Crippen molar-refractivity contribution in [3.05, 3.63) is 28.9 Å². The number of aromatic nitrogens is 1. The van der Waals surface area contributed by atoms with Crippen molar-refractivity contribution in [3.63, 3.8) is 0 Å². The molecule has 1 aromatic heterocycles. The Labute approximate surface area is 123 Å². The number of aliphatic hydroxyl groups is 1. The summed E-state index contributed by atoms with van der Waals surface area (Å²) in [7, 11) is 0. The number of aliphatic hydroxyl groups excluding tert-OH is 1. The molecule has 1 saturated carbocycles. The van der Waals surface area contributed by atoms with Crippen LogP contribution in [0.15, 0.2) is 18.2 Å². The average molecular weight is 294 g/mol. The van der Waals surface area contributed by atoms with Crippen LogP contribution < -0.4 is 11.1 Å². The molecule has 108 valence electrons. The largest absolute Gasteiger partial charge is 0.394 e. The molecule has 0 amide bonds. The van der Waals surface area contributed by atoms with Crippen molar-refractivity contribution in [1.29, 1.82) is 0 Å². The zero-order chi connectivity index (χ0) is 14.1. The van der Waals surface area contributed by atoms with E-state index in [1.165, 1.54) is 25.7 Å². The van der Waals surface area contributed by atoms with E-state index in [4.69, 9.17) is 17.3 Å². The zero-order valence-electron chi connectivity index (χ0n) is 11.3. The van der Waals surface area contributed by atoms with Crippen molar-refractivity contribution >= 4 is 28.2 Å². The van der Waals surface area contributed by atoms with Crippen LogP contribution >= 0.6 is 11.6 Å². The van der Waals surface area contributed by atoms with Gasteiger partial charge < -0.3 is 21.1 Å². The lowest BCUT2D eigenvalue weighted by atomic mass is 10.1. The number of benzene rings is 1. The molecular weight excluding hydrogens is 274 g/mol. The highest BCUT2D eigenvalue weighted by Crippen LogP contribution is 2.32. The Morgan fingerprint density at radius 1 is 1.35 bits per heavy atom. The van der Waals surface area contributed by atoms with Crippen LogP contribution in [0.1, 0.15) is 37.4 Å². The number of hydrogen-bond acceptors (Lipinski definition) is 3. The minimum Gasteiger partial charge on any atom is -0.394 e. The van der Waals surface area contributed by atoms with E-state index in [9.17, 15) is 5.11 Å². The molecule has 5 heteroatoms. The molecule has 2 aromatic rings. The van der Waals surface area contributed by atoms with Crippen LogP contribution in [0.5, 0.6) is 0 Å². The Morgan fingerprint density at radius 3 is 2.80 bits per heavy atom. The number of nitrogens with two attached hydrogens (primary N) is 1. The summed E-state index contributed by atoms with van der Waals surface area (Å²) < 4.78 is 0. The lowest BCUT2D eigenvalue weighted by molar-refractivity contribution is 0.266. The van der Waals surface area contributed by atoms with Gasteiger partial charge >= 0.3 is 0 Å². The van der Waals surface area contributed by atoms with Gasteiger partial charge in [0.05, 0.1) is 23.9 Å². The fourth-order valence-electron chi connectivity index (χ4n) is 2.93.